The van der Waals surface area contributed by atoms with Crippen molar-refractivity contribution in [3.05, 3.63) is 29.8 Å². The van der Waals surface area contributed by atoms with Gasteiger partial charge in [0.2, 0.25) is 5.91 Å². The van der Waals surface area contributed by atoms with Crippen LogP contribution in [0.3, 0.4) is 0 Å². The van der Waals surface area contributed by atoms with E-state index in [4.69, 9.17) is 16.2 Å². The van der Waals surface area contributed by atoms with Gasteiger partial charge < -0.3 is 16.2 Å². The average molecular weight is 293 g/mol. The summed E-state index contributed by atoms with van der Waals surface area (Å²) in [7, 11) is 1.34. The van der Waals surface area contributed by atoms with Crippen LogP contribution in [0.2, 0.25) is 0 Å². The summed E-state index contributed by atoms with van der Waals surface area (Å²) < 4.78 is 4.79. The maximum absolute atomic E-state index is 11.8. The van der Waals surface area contributed by atoms with Gasteiger partial charge in [-0.2, -0.15) is 0 Å². The Bertz CT molecular complexity index is 515. The molecular formula is C15H23N3O3. The zero-order chi connectivity index (χ0) is 16.0. The lowest BCUT2D eigenvalue weighted by Crippen LogP contribution is -2.43. The molecule has 0 radical (unpaired) electrons. The number of anilines is 1. The Hall–Kier alpha value is -2.08. The Kier molecular flexibility index (Phi) is 5.72. The fourth-order valence-corrected chi connectivity index (χ4v) is 2.21. The van der Waals surface area contributed by atoms with E-state index in [-0.39, 0.29) is 12.5 Å². The van der Waals surface area contributed by atoms with Crippen molar-refractivity contribution in [2.75, 3.05) is 25.9 Å². The molecule has 0 aliphatic carbocycles. The van der Waals surface area contributed by atoms with Gasteiger partial charge in [-0.1, -0.05) is 18.2 Å². The molecule has 0 heterocycles. The Labute approximate surface area is 125 Å². The number of esters is 1. The number of carbonyl (C=O) groups is 2. The van der Waals surface area contributed by atoms with Crippen LogP contribution >= 0.6 is 0 Å². The van der Waals surface area contributed by atoms with Crippen LogP contribution in [0, 0.1) is 5.41 Å². The molecule has 0 unspecified atom stereocenters. The van der Waals surface area contributed by atoms with Gasteiger partial charge in [0.1, 0.15) is 0 Å². The van der Waals surface area contributed by atoms with E-state index in [2.05, 4.69) is 0 Å². The van der Waals surface area contributed by atoms with Crippen molar-refractivity contribution in [1.29, 1.82) is 0 Å². The number of benzene rings is 1. The van der Waals surface area contributed by atoms with E-state index in [9.17, 15) is 9.59 Å². The molecule has 21 heavy (non-hydrogen) atoms. The fraction of sp³-hybridized carbons (Fsp3) is 0.467. The van der Waals surface area contributed by atoms with Gasteiger partial charge in [-0.3, -0.25) is 14.5 Å². The fourth-order valence-electron chi connectivity index (χ4n) is 2.21. The van der Waals surface area contributed by atoms with Crippen LogP contribution in [0.15, 0.2) is 24.3 Å². The lowest BCUT2D eigenvalue weighted by Gasteiger charge is -2.30. The molecule has 6 heteroatoms. The smallest absolute Gasteiger partial charge is 0.312 e. The monoisotopic (exact) mass is 293 g/mol. The Morgan fingerprint density at radius 1 is 1.29 bits per heavy atom. The van der Waals surface area contributed by atoms with Crippen molar-refractivity contribution in [1.82, 2.24) is 4.90 Å². The predicted octanol–water partition coefficient (Wildman–Crippen LogP) is 0.755. The molecule has 0 spiro atoms. The minimum absolute atomic E-state index is 0.0504. The van der Waals surface area contributed by atoms with Crippen LogP contribution in [0.1, 0.15) is 19.4 Å². The zero-order valence-corrected chi connectivity index (χ0v) is 12.8. The number of hydrogen-bond acceptors (Lipinski definition) is 5. The van der Waals surface area contributed by atoms with Crippen molar-refractivity contribution in [2.24, 2.45) is 11.1 Å². The first-order chi connectivity index (χ1) is 9.76. The van der Waals surface area contributed by atoms with Crippen LogP contribution in [0.25, 0.3) is 0 Å². The maximum atomic E-state index is 11.8. The Balaban J connectivity index is 2.89. The van der Waals surface area contributed by atoms with E-state index in [1.54, 1.807) is 24.8 Å². The minimum Gasteiger partial charge on any atom is -0.469 e. The highest BCUT2D eigenvalue weighted by Gasteiger charge is 2.31. The maximum Gasteiger partial charge on any atom is 0.312 e. The largest absolute Gasteiger partial charge is 0.469 e. The molecule has 1 aromatic rings. The first kappa shape index (κ1) is 17.0. The van der Waals surface area contributed by atoms with Crippen LogP contribution in [0.4, 0.5) is 5.69 Å². The van der Waals surface area contributed by atoms with Crippen LogP contribution < -0.4 is 11.5 Å². The van der Waals surface area contributed by atoms with Crippen LogP contribution in [-0.4, -0.2) is 37.0 Å². The number of para-hydroxylation sites is 1. The lowest BCUT2D eigenvalue weighted by molar-refractivity contribution is -0.152. The second kappa shape index (κ2) is 7.08. The van der Waals surface area contributed by atoms with Gasteiger partial charge in [-0.05, 0) is 25.5 Å². The molecule has 1 rings (SSSR count). The predicted molar refractivity (Wildman–Crippen MR) is 81.1 cm³/mol. The SMILES string of the molecule is COC(=O)C(C)(C)CN(CC(N)=O)Cc1ccccc1N. The number of hydrogen-bond donors (Lipinski definition) is 2. The van der Waals surface area contributed by atoms with E-state index in [0.29, 0.717) is 18.8 Å². The summed E-state index contributed by atoms with van der Waals surface area (Å²) in [6.45, 7) is 4.37. The number of carbonyl (C=O) groups excluding carboxylic acids is 2. The van der Waals surface area contributed by atoms with Gasteiger partial charge in [-0.15, -0.1) is 0 Å². The highest BCUT2D eigenvalue weighted by Crippen LogP contribution is 2.21. The third kappa shape index (κ3) is 5.07. The van der Waals surface area contributed by atoms with E-state index < -0.39 is 11.3 Å². The molecule has 6 nitrogen and oxygen atoms in total. The summed E-state index contributed by atoms with van der Waals surface area (Å²) in [5, 5.41) is 0. The molecule has 4 N–H and O–H groups in total. The van der Waals surface area contributed by atoms with Crippen LogP contribution in [-0.2, 0) is 20.9 Å². The van der Waals surface area contributed by atoms with E-state index >= 15 is 0 Å². The van der Waals surface area contributed by atoms with Crippen molar-refractivity contribution in [3.8, 4) is 0 Å². The Morgan fingerprint density at radius 3 is 2.43 bits per heavy atom. The summed E-state index contributed by atoms with van der Waals surface area (Å²) in [6, 6.07) is 7.40. The average Bonchev–Trinajstić information content (AvgIpc) is 2.39. The molecule has 0 saturated carbocycles. The van der Waals surface area contributed by atoms with E-state index in [1.807, 2.05) is 18.2 Å². The summed E-state index contributed by atoms with van der Waals surface area (Å²) in [5.41, 5.74) is 12.0. The molecule has 0 aliphatic heterocycles. The first-order valence-corrected chi connectivity index (χ1v) is 6.68. The number of nitrogen functional groups attached to an aromatic ring is 1. The van der Waals surface area contributed by atoms with Gasteiger partial charge in [-0.25, -0.2) is 0 Å². The van der Waals surface area contributed by atoms with E-state index in [1.165, 1.54) is 7.11 Å². The second-order valence-electron chi connectivity index (χ2n) is 5.69. The van der Waals surface area contributed by atoms with Gasteiger partial charge in [0, 0.05) is 18.8 Å². The normalized spacial score (nSPS) is 11.4. The van der Waals surface area contributed by atoms with Gasteiger partial charge in [0.25, 0.3) is 0 Å². The number of amides is 1. The third-order valence-electron chi connectivity index (χ3n) is 3.19. The highest BCUT2D eigenvalue weighted by molar-refractivity contribution is 5.77. The van der Waals surface area contributed by atoms with Gasteiger partial charge in [0.15, 0.2) is 0 Å². The molecule has 1 aromatic carbocycles. The number of rotatable bonds is 7. The topological polar surface area (TPSA) is 98.6 Å². The number of methoxy groups -OCH3 is 1. The van der Waals surface area contributed by atoms with Gasteiger partial charge >= 0.3 is 5.97 Å². The number of nitrogens with two attached hydrogens (primary N) is 2. The van der Waals surface area contributed by atoms with Crippen molar-refractivity contribution >= 4 is 17.6 Å². The molecule has 116 valence electrons. The molecule has 0 saturated heterocycles. The van der Waals surface area contributed by atoms with E-state index in [0.717, 1.165) is 5.56 Å². The molecular weight excluding hydrogens is 270 g/mol. The molecule has 0 aromatic heterocycles. The second-order valence-corrected chi connectivity index (χ2v) is 5.69. The summed E-state index contributed by atoms with van der Waals surface area (Å²) >= 11 is 0. The molecule has 0 bridgehead atoms. The molecule has 1 amide bonds. The molecule has 0 fully saturated rings. The third-order valence-corrected chi connectivity index (χ3v) is 3.19. The zero-order valence-electron chi connectivity index (χ0n) is 12.8. The first-order valence-electron chi connectivity index (χ1n) is 6.68. The quantitative estimate of drug-likeness (QED) is 0.571. The van der Waals surface area contributed by atoms with Crippen molar-refractivity contribution < 1.29 is 14.3 Å². The lowest BCUT2D eigenvalue weighted by atomic mass is 9.92. The van der Waals surface area contributed by atoms with Crippen LogP contribution in [0.5, 0.6) is 0 Å². The summed E-state index contributed by atoms with van der Waals surface area (Å²) in [6.07, 6.45) is 0. The number of ether oxygens (including phenoxy) is 1. The molecule has 0 aliphatic rings. The summed E-state index contributed by atoms with van der Waals surface area (Å²) in [5.74, 6) is -0.789. The highest BCUT2D eigenvalue weighted by atomic mass is 16.5. The van der Waals surface area contributed by atoms with Crippen molar-refractivity contribution in [2.45, 2.75) is 20.4 Å². The molecule has 0 atom stereocenters. The van der Waals surface area contributed by atoms with Crippen molar-refractivity contribution in [3.63, 3.8) is 0 Å². The standard InChI is InChI=1S/C15H23N3O3/c1-15(2,14(20)21-3)10-18(9-13(17)19)8-11-6-4-5-7-12(11)16/h4-7H,8-10,16H2,1-3H3,(H2,17,19). The number of nitrogens with zero attached hydrogens (tertiary/aromatic N) is 1. The minimum atomic E-state index is -0.742. The number of primary amides is 1. The summed E-state index contributed by atoms with van der Waals surface area (Å²) in [4.78, 5) is 24.8. The Morgan fingerprint density at radius 2 is 1.90 bits per heavy atom. The van der Waals surface area contributed by atoms with Gasteiger partial charge in [0.05, 0.1) is 19.1 Å².